The van der Waals surface area contributed by atoms with Crippen LogP contribution in [0, 0.1) is 5.92 Å². The molecular formula is C12H23N3. The van der Waals surface area contributed by atoms with E-state index in [-0.39, 0.29) is 0 Å². The van der Waals surface area contributed by atoms with E-state index in [0.29, 0.717) is 6.04 Å². The maximum absolute atomic E-state index is 4.15. The van der Waals surface area contributed by atoms with Crippen molar-refractivity contribution < 1.29 is 0 Å². The second-order valence-electron chi connectivity index (χ2n) is 4.78. The van der Waals surface area contributed by atoms with Gasteiger partial charge in [0, 0.05) is 31.4 Å². The first kappa shape index (κ1) is 12.2. The van der Waals surface area contributed by atoms with Crippen LogP contribution in [0.1, 0.15) is 39.2 Å². The number of hydrogen-bond acceptors (Lipinski definition) is 2. The van der Waals surface area contributed by atoms with Crippen LogP contribution < -0.4 is 5.32 Å². The van der Waals surface area contributed by atoms with Gasteiger partial charge < -0.3 is 5.32 Å². The largest absolute Gasteiger partial charge is 0.310 e. The third-order valence-electron chi connectivity index (χ3n) is 2.59. The lowest BCUT2D eigenvalue weighted by atomic mass is 10.0. The Labute approximate surface area is 92.9 Å². The number of hydrogen-bond donors (Lipinski definition) is 1. The van der Waals surface area contributed by atoms with E-state index in [4.69, 9.17) is 0 Å². The number of nitrogens with one attached hydrogen (secondary N) is 1. The highest BCUT2D eigenvalue weighted by Crippen LogP contribution is 2.07. The lowest BCUT2D eigenvalue weighted by molar-refractivity contribution is 0.450. The molecule has 86 valence electrons. The zero-order chi connectivity index (χ0) is 11.3. The number of aromatic nitrogens is 2. The molecule has 15 heavy (non-hydrogen) atoms. The molecule has 1 rings (SSSR count). The molecule has 1 unspecified atom stereocenters. The average molecular weight is 209 g/mol. The fourth-order valence-corrected chi connectivity index (χ4v) is 1.54. The quantitative estimate of drug-likeness (QED) is 0.779. The lowest BCUT2D eigenvalue weighted by Gasteiger charge is -2.14. The average Bonchev–Trinajstić information content (AvgIpc) is 2.58. The molecule has 0 aliphatic heterocycles. The SMILES string of the molecule is CC(C)CCC(C)NCc1cnn(C)c1. The van der Waals surface area contributed by atoms with Crippen molar-refractivity contribution in [3.8, 4) is 0 Å². The van der Waals surface area contributed by atoms with Crippen LogP contribution in [0.2, 0.25) is 0 Å². The first-order valence-corrected chi connectivity index (χ1v) is 5.79. The molecule has 0 radical (unpaired) electrons. The predicted octanol–water partition coefficient (Wildman–Crippen LogP) is 2.33. The van der Waals surface area contributed by atoms with Gasteiger partial charge in [-0.1, -0.05) is 13.8 Å². The standard InChI is InChI=1S/C12H23N3/c1-10(2)5-6-11(3)13-7-12-8-14-15(4)9-12/h8-11,13H,5-7H2,1-4H3. The number of nitrogens with zero attached hydrogens (tertiary/aromatic N) is 2. The van der Waals surface area contributed by atoms with Crippen LogP contribution in [0.5, 0.6) is 0 Å². The fraction of sp³-hybridized carbons (Fsp3) is 0.750. The van der Waals surface area contributed by atoms with Crippen molar-refractivity contribution in [2.24, 2.45) is 13.0 Å². The summed E-state index contributed by atoms with van der Waals surface area (Å²) in [4.78, 5) is 0. The Bertz CT molecular complexity index is 278. The summed E-state index contributed by atoms with van der Waals surface area (Å²) < 4.78 is 1.84. The molecule has 1 N–H and O–H groups in total. The Morgan fingerprint density at radius 3 is 2.60 bits per heavy atom. The van der Waals surface area contributed by atoms with Gasteiger partial charge in [0.25, 0.3) is 0 Å². The summed E-state index contributed by atoms with van der Waals surface area (Å²) in [6.07, 6.45) is 6.52. The van der Waals surface area contributed by atoms with Crippen LogP contribution in [0.25, 0.3) is 0 Å². The number of rotatable bonds is 6. The van der Waals surface area contributed by atoms with Gasteiger partial charge in [-0.3, -0.25) is 4.68 Å². The summed E-state index contributed by atoms with van der Waals surface area (Å²) in [5.74, 6) is 0.799. The van der Waals surface area contributed by atoms with Crippen molar-refractivity contribution in [1.29, 1.82) is 0 Å². The van der Waals surface area contributed by atoms with Gasteiger partial charge >= 0.3 is 0 Å². The Balaban J connectivity index is 2.19. The Kier molecular flexibility index (Phi) is 4.82. The minimum Gasteiger partial charge on any atom is -0.310 e. The maximum atomic E-state index is 4.15. The summed E-state index contributed by atoms with van der Waals surface area (Å²) >= 11 is 0. The van der Waals surface area contributed by atoms with Crippen LogP contribution in [0.15, 0.2) is 12.4 Å². The monoisotopic (exact) mass is 209 g/mol. The van der Waals surface area contributed by atoms with E-state index in [0.717, 1.165) is 12.5 Å². The minimum absolute atomic E-state index is 0.590. The fourth-order valence-electron chi connectivity index (χ4n) is 1.54. The van der Waals surface area contributed by atoms with Gasteiger partial charge in [0.2, 0.25) is 0 Å². The third-order valence-corrected chi connectivity index (χ3v) is 2.59. The second kappa shape index (κ2) is 5.91. The zero-order valence-corrected chi connectivity index (χ0v) is 10.3. The molecular weight excluding hydrogens is 186 g/mol. The van der Waals surface area contributed by atoms with Gasteiger partial charge in [0.1, 0.15) is 0 Å². The summed E-state index contributed by atoms with van der Waals surface area (Å²) in [6, 6.07) is 0.590. The van der Waals surface area contributed by atoms with Crippen molar-refractivity contribution in [1.82, 2.24) is 15.1 Å². The molecule has 0 saturated carbocycles. The molecule has 3 nitrogen and oxygen atoms in total. The summed E-state index contributed by atoms with van der Waals surface area (Å²) in [5, 5.41) is 7.66. The van der Waals surface area contributed by atoms with Gasteiger partial charge in [-0.25, -0.2) is 0 Å². The van der Waals surface area contributed by atoms with Crippen LogP contribution >= 0.6 is 0 Å². The molecule has 1 aromatic heterocycles. The van der Waals surface area contributed by atoms with Gasteiger partial charge in [-0.05, 0) is 25.7 Å². The van der Waals surface area contributed by atoms with E-state index >= 15 is 0 Å². The molecule has 0 aliphatic carbocycles. The number of aryl methyl sites for hydroxylation is 1. The Hall–Kier alpha value is -0.830. The van der Waals surface area contributed by atoms with E-state index in [1.807, 2.05) is 17.9 Å². The van der Waals surface area contributed by atoms with Gasteiger partial charge in [0.05, 0.1) is 6.20 Å². The smallest absolute Gasteiger partial charge is 0.0534 e. The topological polar surface area (TPSA) is 29.9 Å². The molecule has 0 aliphatic rings. The zero-order valence-electron chi connectivity index (χ0n) is 10.3. The molecule has 0 fully saturated rings. The molecule has 0 saturated heterocycles. The van der Waals surface area contributed by atoms with E-state index in [1.54, 1.807) is 0 Å². The van der Waals surface area contributed by atoms with Crippen LogP contribution in [0.3, 0.4) is 0 Å². The highest BCUT2D eigenvalue weighted by molar-refractivity contribution is 5.02. The Morgan fingerprint density at radius 1 is 1.33 bits per heavy atom. The van der Waals surface area contributed by atoms with Gasteiger partial charge in [0.15, 0.2) is 0 Å². The van der Waals surface area contributed by atoms with E-state index in [1.165, 1.54) is 18.4 Å². The maximum Gasteiger partial charge on any atom is 0.0534 e. The summed E-state index contributed by atoms with van der Waals surface area (Å²) in [6.45, 7) is 7.72. The van der Waals surface area contributed by atoms with Gasteiger partial charge in [-0.15, -0.1) is 0 Å². The Morgan fingerprint density at radius 2 is 2.07 bits per heavy atom. The second-order valence-corrected chi connectivity index (χ2v) is 4.78. The lowest BCUT2D eigenvalue weighted by Crippen LogP contribution is -2.25. The van der Waals surface area contributed by atoms with Crippen molar-refractivity contribution >= 4 is 0 Å². The first-order chi connectivity index (χ1) is 7.08. The molecule has 1 heterocycles. The molecule has 1 aromatic rings. The highest BCUT2D eigenvalue weighted by Gasteiger charge is 2.03. The third kappa shape index (κ3) is 4.98. The van der Waals surface area contributed by atoms with Crippen molar-refractivity contribution in [3.05, 3.63) is 18.0 Å². The van der Waals surface area contributed by atoms with Crippen LogP contribution in [-0.2, 0) is 13.6 Å². The summed E-state index contributed by atoms with van der Waals surface area (Å²) in [7, 11) is 1.95. The highest BCUT2D eigenvalue weighted by atomic mass is 15.2. The van der Waals surface area contributed by atoms with Crippen LogP contribution in [0.4, 0.5) is 0 Å². The van der Waals surface area contributed by atoms with E-state index in [2.05, 4.69) is 37.4 Å². The summed E-state index contributed by atoms with van der Waals surface area (Å²) in [5.41, 5.74) is 1.26. The van der Waals surface area contributed by atoms with Crippen molar-refractivity contribution in [2.45, 2.75) is 46.2 Å². The predicted molar refractivity (Wildman–Crippen MR) is 63.6 cm³/mol. The molecule has 0 amide bonds. The molecule has 0 spiro atoms. The van der Waals surface area contributed by atoms with E-state index in [9.17, 15) is 0 Å². The normalized spacial score (nSPS) is 13.4. The molecule has 0 aromatic carbocycles. The van der Waals surface area contributed by atoms with Crippen LogP contribution in [-0.4, -0.2) is 15.8 Å². The molecule has 1 atom stereocenters. The minimum atomic E-state index is 0.590. The van der Waals surface area contributed by atoms with E-state index < -0.39 is 0 Å². The molecule has 3 heteroatoms. The molecule has 0 bridgehead atoms. The van der Waals surface area contributed by atoms with Crippen molar-refractivity contribution in [2.75, 3.05) is 0 Å². The van der Waals surface area contributed by atoms with Gasteiger partial charge in [-0.2, -0.15) is 5.10 Å². The van der Waals surface area contributed by atoms with Crippen molar-refractivity contribution in [3.63, 3.8) is 0 Å². The first-order valence-electron chi connectivity index (χ1n) is 5.79.